The van der Waals surface area contributed by atoms with E-state index in [1.54, 1.807) is 6.92 Å². The first-order valence-electron chi connectivity index (χ1n) is 4.67. The third-order valence-electron chi connectivity index (χ3n) is 1.49. The molecule has 0 bridgehead atoms. The molecule has 0 heterocycles. The SMILES string of the molecule is COCNC(=O)NN(CCO)CC(C)O. The van der Waals surface area contributed by atoms with Gasteiger partial charge in [-0.05, 0) is 6.92 Å². The fourth-order valence-electron chi connectivity index (χ4n) is 0.953. The molecule has 0 aliphatic rings. The van der Waals surface area contributed by atoms with E-state index in [1.165, 1.54) is 12.1 Å². The van der Waals surface area contributed by atoms with Crippen molar-refractivity contribution in [2.75, 3.05) is 33.5 Å². The monoisotopic (exact) mass is 221 g/mol. The van der Waals surface area contributed by atoms with Crippen molar-refractivity contribution in [3.05, 3.63) is 0 Å². The van der Waals surface area contributed by atoms with Gasteiger partial charge in [-0.15, -0.1) is 0 Å². The van der Waals surface area contributed by atoms with Gasteiger partial charge in [-0.25, -0.2) is 9.80 Å². The van der Waals surface area contributed by atoms with Gasteiger partial charge in [0.25, 0.3) is 0 Å². The Labute approximate surface area is 89.0 Å². The fourth-order valence-corrected chi connectivity index (χ4v) is 0.953. The van der Waals surface area contributed by atoms with Crippen LogP contribution in [0.25, 0.3) is 0 Å². The van der Waals surface area contributed by atoms with Crippen molar-refractivity contribution in [2.24, 2.45) is 0 Å². The summed E-state index contributed by atoms with van der Waals surface area (Å²) in [6.45, 7) is 2.11. The van der Waals surface area contributed by atoms with E-state index in [9.17, 15) is 4.79 Å². The van der Waals surface area contributed by atoms with Crippen molar-refractivity contribution in [3.8, 4) is 0 Å². The number of hydrogen-bond acceptors (Lipinski definition) is 5. The number of amides is 2. The van der Waals surface area contributed by atoms with Crippen LogP contribution in [-0.2, 0) is 4.74 Å². The average molecular weight is 221 g/mol. The van der Waals surface area contributed by atoms with Crippen LogP contribution in [0.1, 0.15) is 6.92 Å². The maximum Gasteiger partial charge on any atom is 0.331 e. The minimum absolute atomic E-state index is 0.0999. The Kier molecular flexibility index (Phi) is 7.92. The van der Waals surface area contributed by atoms with Gasteiger partial charge in [0.2, 0.25) is 0 Å². The molecule has 15 heavy (non-hydrogen) atoms. The number of rotatable bonds is 7. The third kappa shape index (κ3) is 8.13. The Balaban J connectivity index is 3.86. The molecule has 0 aromatic rings. The van der Waals surface area contributed by atoms with Crippen molar-refractivity contribution < 1.29 is 19.7 Å². The fraction of sp³-hybridized carbons (Fsp3) is 0.875. The highest BCUT2D eigenvalue weighted by atomic mass is 16.5. The molecule has 0 fully saturated rings. The van der Waals surface area contributed by atoms with E-state index in [0.29, 0.717) is 0 Å². The smallest absolute Gasteiger partial charge is 0.331 e. The number of nitrogens with one attached hydrogen (secondary N) is 2. The number of nitrogens with zero attached hydrogens (tertiary/aromatic N) is 1. The van der Waals surface area contributed by atoms with Crippen LogP contribution in [0.15, 0.2) is 0 Å². The number of hydrazine groups is 1. The van der Waals surface area contributed by atoms with E-state index in [-0.39, 0.29) is 26.4 Å². The summed E-state index contributed by atoms with van der Waals surface area (Å²) in [5, 5.41) is 21.7. The summed E-state index contributed by atoms with van der Waals surface area (Å²) in [6, 6.07) is -0.439. The molecule has 2 amide bonds. The third-order valence-corrected chi connectivity index (χ3v) is 1.49. The minimum atomic E-state index is -0.584. The van der Waals surface area contributed by atoms with Crippen molar-refractivity contribution in [1.82, 2.24) is 15.8 Å². The predicted octanol–water partition coefficient (Wildman–Crippen LogP) is -1.52. The molecule has 0 rings (SSSR count). The second kappa shape index (κ2) is 8.42. The van der Waals surface area contributed by atoms with Crippen molar-refractivity contribution in [1.29, 1.82) is 0 Å². The Hall–Kier alpha value is -0.890. The summed E-state index contributed by atoms with van der Waals surface area (Å²) in [7, 11) is 1.46. The molecule has 0 aliphatic heterocycles. The van der Waals surface area contributed by atoms with Gasteiger partial charge in [-0.2, -0.15) is 0 Å². The number of carbonyl (C=O) groups excluding carboxylic acids is 1. The van der Waals surface area contributed by atoms with E-state index >= 15 is 0 Å². The summed E-state index contributed by atoms with van der Waals surface area (Å²) in [5.74, 6) is 0. The molecule has 0 saturated heterocycles. The zero-order valence-corrected chi connectivity index (χ0v) is 9.06. The zero-order valence-electron chi connectivity index (χ0n) is 9.06. The Bertz CT molecular complexity index is 177. The topological polar surface area (TPSA) is 94.1 Å². The molecule has 90 valence electrons. The minimum Gasteiger partial charge on any atom is -0.395 e. The van der Waals surface area contributed by atoms with Gasteiger partial charge in [-0.3, -0.25) is 5.43 Å². The van der Waals surface area contributed by atoms with E-state index in [2.05, 4.69) is 15.5 Å². The van der Waals surface area contributed by atoms with Crippen LogP contribution in [0.4, 0.5) is 4.79 Å². The summed E-state index contributed by atoms with van der Waals surface area (Å²) in [6.07, 6.45) is -0.584. The molecule has 7 nitrogen and oxygen atoms in total. The van der Waals surface area contributed by atoms with Crippen molar-refractivity contribution >= 4 is 6.03 Å². The largest absolute Gasteiger partial charge is 0.395 e. The quantitative estimate of drug-likeness (QED) is 0.309. The van der Waals surface area contributed by atoms with Crippen LogP contribution in [0.2, 0.25) is 0 Å². The summed E-state index contributed by atoms with van der Waals surface area (Å²) in [5.41, 5.74) is 2.47. The molecule has 1 unspecified atom stereocenters. The van der Waals surface area contributed by atoms with Gasteiger partial charge in [0, 0.05) is 20.2 Å². The van der Waals surface area contributed by atoms with Gasteiger partial charge in [0.15, 0.2) is 0 Å². The maximum atomic E-state index is 11.2. The highest BCUT2D eigenvalue weighted by Gasteiger charge is 2.10. The van der Waals surface area contributed by atoms with E-state index in [4.69, 9.17) is 10.2 Å². The van der Waals surface area contributed by atoms with E-state index in [0.717, 1.165) is 0 Å². The molecule has 7 heteroatoms. The second-order valence-corrected chi connectivity index (χ2v) is 3.07. The van der Waals surface area contributed by atoms with Crippen LogP contribution in [0.3, 0.4) is 0 Å². The van der Waals surface area contributed by atoms with Gasteiger partial charge in [0.1, 0.15) is 6.73 Å². The second-order valence-electron chi connectivity index (χ2n) is 3.07. The molecular weight excluding hydrogens is 202 g/mol. The number of carbonyl (C=O) groups is 1. The first kappa shape index (κ1) is 14.1. The predicted molar refractivity (Wildman–Crippen MR) is 53.9 cm³/mol. The lowest BCUT2D eigenvalue weighted by atomic mass is 10.4. The highest BCUT2D eigenvalue weighted by molar-refractivity contribution is 5.73. The number of hydrogen-bond donors (Lipinski definition) is 4. The molecule has 0 spiro atoms. The molecule has 1 atom stereocenters. The molecule has 0 aromatic carbocycles. The number of aliphatic hydroxyl groups excluding tert-OH is 2. The van der Waals surface area contributed by atoms with Crippen LogP contribution >= 0.6 is 0 Å². The molecule has 0 radical (unpaired) electrons. The van der Waals surface area contributed by atoms with Crippen LogP contribution in [-0.4, -0.2) is 60.9 Å². The molecule has 0 aromatic heterocycles. The van der Waals surface area contributed by atoms with Crippen LogP contribution in [0, 0.1) is 0 Å². The zero-order chi connectivity index (χ0) is 11.7. The summed E-state index contributed by atoms with van der Waals surface area (Å²) in [4.78, 5) is 11.2. The number of methoxy groups -OCH3 is 1. The molecular formula is C8H19N3O4. The Morgan fingerprint density at radius 2 is 2.27 bits per heavy atom. The standard InChI is InChI=1S/C8H19N3O4/c1-7(13)5-11(3-4-12)10-8(14)9-6-15-2/h7,12-13H,3-6H2,1-2H3,(H2,9,10,14). The maximum absolute atomic E-state index is 11.2. The molecule has 0 saturated carbocycles. The number of ether oxygens (including phenoxy) is 1. The first-order valence-corrected chi connectivity index (χ1v) is 4.67. The molecule has 4 N–H and O–H groups in total. The van der Waals surface area contributed by atoms with Crippen LogP contribution in [0.5, 0.6) is 0 Å². The van der Waals surface area contributed by atoms with Gasteiger partial charge < -0.3 is 20.3 Å². The van der Waals surface area contributed by atoms with Crippen molar-refractivity contribution in [2.45, 2.75) is 13.0 Å². The van der Waals surface area contributed by atoms with E-state index in [1.807, 2.05) is 0 Å². The first-order chi connectivity index (χ1) is 7.10. The Morgan fingerprint density at radius 3 is 2.73 bits per heavy atom. The lowest BCUT2D eigenvalue weighted by Crippen LogP contribution is -2.50. The van der Waals surface area contributed by atoms with E-state index < -0.39 is 12.1 Å². The van der Waals surface area contributed by atoms with Gasteiger partial charge in [-0.1, -0.05) is 0 Å². The Morgan fingerprint density at radius 1 is 1.60 bits per heavy atom. The average Bonchev–Trinajstić information content (AvgIpc) is 2.14. The van der Waals surface area contributed by atoms with Crippen molar-refractivity contribution in [3.63, 3.8) is 0 Å². The summed E-state index contributed by atoms with van der Waals surface area (Å²) < 4.78 is 4.65. The summed E-state index contributed by atoms with van der Waals surface area (Å²) >= 11 is 0. The normalized spacial score (nSPS) is 12.6. The lowest BCUT2D eigenvalue weighted by Gasteiger charge is -2.23. The van der Waals surface area contributed by atoms with Crippen LogP contribution < -0.4 is 10.7 Å². The number of urea groups is 1. The van der Waals surface area contributed by atoms with Gasteiger partial charge >= 0.3 is 6.03 Å². The number of aliphatic hydroxyl groups is 2. The highest BCUT2D eigenvalue weighted by Crippen LogP contribution is 1.87. The lowest BCUT2D eigenvalue weighted by molar-refractivity contribution is 0.0820. The van der Waals surface area contributed by atoms with Gasteiger partial charge in [0.05, 0.1) is 12.7 Å². The molecule has 0 aliphatic carbocycles.